The Hall–Kier alpha value is -4.08. The lowest BCUT2D eigenvalue weighted by atomic mass is 9.98. The lowest BCUT2D eigenvalue weighted by Crippen LogP contribution is -2.49. The minimum atomic E-state index is -0.918. The fourth-order valence-electron chi connectivity index (χ4n) is 4.39. The smallest absolute Gasteiger partial charge is 0.408 e. The van der Waals surface area contributed by atoms with Crippen molar-refractivity contribution in [1.82, 2.24) is 16.0 Å². The van der Waals surface area contributed by atoms with Gasteiger partial charge in [-0.2, -0.15) is 0 Å². The Balaban J connectivity index is 1.44. The molecular weight excluding hydrogens is 502 g/mol. The number of hydrogen-bond donors (Lipinski definition) is 3. The molecule has 0 bridgehead atoms. The van der Waals surface area contributed by atoms with Gasteiger partial charge in [-0.25, -0.2) is 9.59 Å². The summed E-state index contributed by atoms with van der Waals surface area (Å²) < 4.78 is 15.3. The Morgan fingerprint density at radius 1 is 0.872 bits per heavy atom. The Morgan fingerprint density at radius 3 is 2.08 bits per heavy atom. The second kappa shape index (κ2) is 13.6. The minimum absolute atomic E-state index is 0.0219. The zero-order chi connectivity index (χ0) is 28.4. The summed E-state index contributed by atoms with van der Waals surface area (Å²) in [5.41, 5.74) is 3.87. The topological polar surface area (TPSA) is 132 Å². The molecule has 2 aromatic rings. The summed E-state index contributed by atoms with van der Waals surface area (Å²) in [5, 5.41) is 7.73. The maximum atomic E-state index is 12.5. The zero-order valence-corrected chi connectivity index (χ0v) is 22.9. The average molecular weight is 540 g/mol. The molecule has 0 heterocycles. The van der Waals surface area contributed by atoms with E-state index in [1.807, 2.05) is 24.3 Å². The number of methoxy groups -OCH3 is 1. The number of hydrogen-bond acceptors (Lipinski definition) is 7. The first-order valence-electron chi connectivity index (χ1n) is 13.0. The molecular formula is C29H37N3O7. The van der Waals surface area contributed by atoms with Crippen LogP contribution in [0.2, 0.25) is 0 Å². The van der Waals surface area contributed by atoms with Crippen LogP contribution in [0.5, 0.6) is 0 Å². The minimum Gasteiger partial charge on any atom is -0.468 e. The van der Waals surface area contributed by atoms with Crippen LogP contribution >= 0.6 is 0 Å². The number of ether oxygens (including phenoxy) is 3. The van der Waals surface area contributed by atoms with Crippen molar-refractivity contribution in [2.75, 3.05) is 26.8 Å². The van der Waals surface area contributed by atoms with Gasteiger partial charge < -0.3 is 30.2 Å². The predicted octanol–water partition coefficient (Wildman–Crippen LogP) is 3.88. The molecule has 0 aromatic heterocycles. The van der Waals surface area contributed by atoms with Crippen molar-refractivity contribution < 1.29 is 33.4 Å². The monoisotopic (exact) mass is 539 g/mol. The van der Waals surface area contributed by atoms with Crippen LogP contribution in [0.25, 0.3) is 11.1 Å². The van der Waals surface area contributed by atoms with Crippen LogP contribution in [-0.4, -0.2) is 62.5 Å². The van der Waals surface area contributed by atoms with Crippen LogP contribution in [0, 0.1) is 0 Å². The van der Waals surface area contributed by atoms with Gasteiger partial charge in [0, 0.05) is 12.5 Å². The predicted molar refractivity (Wildman–Crippen MR) is 145 cm³/mol. The van der Waals surface area contributed by atoms with Gasteiger partial charge in [0.2, 0.25) is 5.91 Å². The third-order valence-corrected chi connectivity index (χ3v) is 6.17. The lowest BCUT2D eigenvalue weighted by Gasteiger charge is -2.23. The molecule has 0 unspecified atom stereocenters. The van der Waals surface area contributed by atoms with E-state index in [2.05, 4.69) is 45.0 Å². The van der Waals surface area contributed by atoms with Gasteiger partial charge >= 0.3 is 18.2 Å². The second-order valence-electron chi connectivity index (χ2n) is 10.2. The quantitative estimate of drug-likeness (QED) is 0.224. The summed E-state index contributed by atoms with van der Waals surface area (Å²) in [5.74, 6) is -1.16. The molecule has 10 nitrogen and oxygen atoms in total. The van der Waals surface area contributed by atoms with E-state index in [0.29, 0.717) is 19.4 Å². The van der Waals surface area contributed by atoms with Gasteiger partial charge in [0.05, 0.1) is 7.11 Å². The van der Waals surface area contributed by atoms with Gasteiger partial charge in [-0.15, -0.1) is 0 Å². The summed E-state index contributed by atoms with van der Waals surface area (Å²) in [6.07, 6.45) is 0.0728. The zero-order valence-electron chi connectivity index (χ0n) is 22.9. The number of fused-ring (bicyclic) bond motifs is 3. The van der Waals surface area contributed by atoms with Crippen LogP contribution in [-0.2, 0) is 23.8 Å². The standard InChI is InChI=1S/C29H37N3O7/c1-29(2,3)39-28(36)32-24(26(34)31-17-25(33)37-4)15-9-10-16-30-27(35)38-18-23-21-13-7-5-11-19(21)20-12-6-8-14-22(20)23/h5-8,11-14,23-24H,9-10,15-18H2,1-4H3,(H,30,35)(H,31,34)(H,32,36)/t24-/m0/s1. The van der Waals surface area contributed by atoms with Crippen molar-refractivity contribution in [2.45, 2.75) is 57.6 Å². The number of alkyl carbamates (subject to hydrolysis) is 2. The number of esters is 1. The average Bonchev–Trinajstić information content (AvgIpc) is 3.22. The Bertz CT molecular complexity index is 1130. The Kier molecular flexibility index (Phi) is 10.3. The maximum absolute atomic E-state index is 12.5. The summed E-state index contributed by atoms with van der Waals surface area (Å²) in [6.45, 7) is 5.39. The van der Waals surface area contributed by atoms with Crippen molar-refractivity contribution in [3.63, 3.8) is 0 Å². The van der Waals surface area contributed by atoms with Crippen molar-refractivity contribution in [3.05, 3.63) is 59.7 Å². The molecule has 39 heavy (non-hydrogen) atoms. The summed E-state index contributed by atoms with van der Waals surface area (Å²) in [6, 6.07) is 15.3. The third kappa shape index (κ3) is 8.73. The summed E-state index contributed by atoms with van der Waals surface area (Å²) in [4.78, 5) is 48.5. The second-order valence-corrected chi connectivity index (χ2v) is 10.2. The third-order valence-electron chi connectivity index (χ3n) is 6.17. The molecule has 1 atom stereocenters. The van der Waals surface area contributed by atoms with Crippen molar-refractivity contribution >= 4 is 24.1 Å². The molecule has 3 amide bonds. The number of carbonyl (C=O) groups is 4. The molecule has 0 radical (unpaired) electrons. The largest absolute Gasteiger partial charge is 0.468 e. The number of carbonyl (C=O) groups excluding carboxylic acids is 4. The highest BCUT2D eigenvalue weighted by molar-refractivity contribution is 5.88. The van der Waals surface area contributed by atoms with Crippen molar-refractivity contribution in [1.29, 1.82) is 0 Å². The number of benzene rings is 2. The first kappa shape index (κ1) is 29.5. The van der Waals surface area contributed by atoms with Gasteiger partial charge in [0.15, 0.2) is 0 Å². The van der Waals surface area contributed by atoms with E-state index in [1.165, 1.54) is 7.11 Å². The molecule has 0 spiro atoms. The van der Waals surface area contributed by atoms with Gasteiger partial charge in [-0.1, -0.05) is 48.5 Å². The number of rotatable bonds is 11. The van der Waals surface area contributed by atoms with E-state index in [9.17, 15) is 19.2 Å². The summed E-state index contributed by atoms with van der Waals surface area (Å²) >= 11 is 0. The first-order valence-corrected chi connectivity index (χ1v) is 13.0. The summed E-state index contributed by atoms with van der Waals surface area (Å²) in [7, 11) is 1.22. The van der Waals surface area contributed by atoms with Crippen LogP contribution in [0.15, 0.2) is 48.5 Å². The highest BCUT2D eigenvalue weighted by Crippen LogP contribution is 2.44. The molecule has 0 fully saturated rings. The van der Waals surface area contributed by atoms with Crippen LogP contribution in [0.4, 0.5) is 9.59 Å². The van der Waals surface area contributed by atoms with E-state index in [4.69, 9.17) is 9.47 Å². The molecule has 1 aliphatic carbocycles. The normalized spacial score (nSPS) is 12.9. The molecule has 0 saturated heterocycles. The Labute approximate surface area is 228 Å². The van der Waals surface area contributed by atoms with Crippen LogP contribution in [0.3, 0.4) is 0 Å². The molecule has 3 rings (SSSR count). The maximum Gasteiger partial charge on any atom is 0.408 e. The Morgan fingerprint density at radius 2 is 1.49 bits per heavy atom. The van der Waals surface area contributed by atoms with E-state index in [0.717, 1.165) is 22.3 Å². The number of amides is 3. The SMILES string of the molecule is COC(=O)CNC(=O)[C@H](CCCCNC(=O)OCC1c2ccccc2-c2ccccc21)NC(=O)OC(C)(C)C. The van der Waals surface area contributed by atoms with Crippen LogP contribution < -0.4 is 16.0 Å². The van der Waals surface area contributed by atoms with Crippen molar-refractivity contribution in [2.24, 2.45) is 0 Å². The van der Waals surface area contributed by atoms with Crippen LogP contribution in [0.1, 0.15) is 57.1 Å². The molecule has 3 N–H and O–H groups in total. The van der Waals surface area contributed by atoms with E-state index >= 15 is 0 Å². The number of nitrogens with one attached hydrogen (secondary N) is 3. The van der Waals surface area contributed by atoms with Gasteiger partial charge in [0.1, 0.15) is 24.8 Å². The van der Waals surface area contributed by atoms with E-state index in [1.54, 1.807) is 20.8 Å². The van der Waals surface area contributed by atoms with Gasteiger partial charge in [-0.3, -0.25) is 9.59 Å². The molecule has 0 aliphatic heterocycles. The fourth-order valence-corrected chi connectivity index (χ4v) is 4.39. The molecule has 1 aliphatic rings. The molecule has 10 heteroatoms. The van der Waals surface area contributed by atoms with E-state index < -0.39 is 35.7 Å². The van der Waals surface area contributed by atoms with Gasteiger partial charge in [0.25, 0.3) is 0 Å². The first-order chi connectivity index (χ1) is 18.6. The molecule has 2 aromatic carbocycles. The lowest BCUT2D eigenvalue weighted by molar-refractivity contribution is -0.141. The fraction of sp³-hybridized carbons (Fsp3) is 0.448. The van der Waals surface area contributed by atoms with Gasteiger partial charge in [-0.05, 0) is 62.3 Å². The highest BCUT2D eigenvalue weighted by Gasteiger charge is 2.29. The van der Waals surface area contributed by atoms with Crippen molar-refractivity contribution in [3.8, 4) is 11.1 Å². The molecule has 210 valence electrons. The number of unbranched alkanes of at least 4 members (excludes halogenated alkanes) is 1. The highest BCUT2D eigenvalue weighted by atomic mass is 16.6. The van der Waals surface area contributed by atoms with E-state index in [-0.39, 0.29) is 25.5 Å². The molecule has 0 saturated carbocycles.